The van der Waals surface area contributed by atoms with Gasteiger partial charge in [0.1, 0.15) is 24.9 Å². The van der Waals surface area contributed by atoms with Crippen LogP contribution in [-0.2, 0) is 38.0 Å². The van der Waals surface area contributed by atoms with Gasteiger partial charge in [0, 0.05) is 43.1 Å². The van der Waals surface area contributed by atoms with Gasteiger partial charge in [-0.15, -0.1) is 0 Å². The summed E-state index contributed by atoms with van der Waals surface area (Å²) in [5, 5.41) is 66.7. The minimum atomic E-state index is -1.04. The Bertz CT molecular complexity index is 1420. The molecule has 0 bridgehead atoms. The van der Waals surface area contributed by atoms with Crippen LogP contribution in [0.25, 0.3) is 0 Å². The van der Waals surface area contributed by atoms with E-state index in [1.807, 2.05) is 13.8 Å². The van der Waals surface area contributed by atoms with Crippen molar-refractivity contribution in [2.75, 3.05) is 6.61 Å². The van der Waals surface area contributed by atoms with Gasteiger partial charge in [-0.3, -0.25) is 0 Å². The van der Waals surface area contributed by atoms with Gasteiger partial charge in [0.05, 0.1) is 54.4 Å². The van der Waals surface area contributed by atoms with E-state index in [1.54, 1.807) is 6.92 Å². The number of aliphatic hydroxyl groups is 6. The SMILES string of the molecule is C[C@@H]1C[C@H](O)C(OC2C[C@H](O)C(O)[C@@H](C)O2)C(O[C@H]2[C@@H](O)C[C@H](O[C@H]3CC[C@]4(C)C5CC[C@]6(C)[C@@H](C7=CC(=O)OC7)[C@@H](O)C[C@]6(O)[C@@H]5CC[C@@H]4C3)O[C@@H]2C)O1. The quantitative estimate of drug-likeness (QED) is 0.162. The van der Waals surface area contributed by atoms with E-state index in [4.69, 9.17) is 33.2 Å². The second-order valence-electron chi connectivity index (χ2n) is 18.9. The van der Waals surface area contributed by atoms with Crippen LogP contribution >= 0.6 is 0 Å². The number of carbonyl (C=O) groups excluding carboxylic acids is 1. The molecular formula is C41H64O14. The maximum atomic E-state index is 12.6. The molecule has 3 saturated heterocycles. The zero-order chi connectivity index (χ0) is 39.2. The Morgan fingerprint density at radius 2 is 1.44 bits per heavy atom. The van der Waals surface area contributed by atoms with Gasteiger partial charge < -0.3 is 63.8 Å². The Hall–Kier alpha value is -1.27. The zero-order valence-corrected chi connectivity index (χ0v) is 32.9. The van der Waals surface area contributed by atoms with Crippen LogP contribution in [0.1, 0.15) is 105 Å². The van der Waals surface area contributed by atoms with E-state index < -0.39 is 84.8 Å². The van der Waals surface area contributed by atoms with Gasteiger partial charge in [0.25, 0.3) is 0 Å². The maximum Gasteiger partial charge on any atom is 0.331 e. The number of carbonyl (C=O) groups is 1. The highest BCUT2D eigenvalue weighted by Crippen LogP contribution is 2.70. The summed E-state index contributed by atoms with van der Waals surface area (Å²) >= 11 is 0. The molecule has 4 aliphatic heterocycles. The van der Waals surface area contributed by atoms with Crippen molar-refractivity contribution in [1.29, 1.82) is 0 Å². The summed E-state index contributed by atoms with van der Waals surface area (Å²) in [6.45, 7) is 10.00. The van der Waals surface area contributed by atoms with Crippen LogP contribution in [0, 0.1) is 34.5 Å². The van der Waals surface area contributed by atoms with Gasteiger partial charge in [-0.25, -0.2) is 4.79 Å². The third kappa shape index (κ3) is 7.05. The Morgan fingerprint density at radius 3 is 2.15 bits per heavy atom. The molecule has 8 aliphatic rings. The van der Waals surface area contributed by atoms with E-state index >= 15 is 0 Å². The Balaban J connectivity index is 0.874. The molecular weight excluding hydrogens is 716 g/mol. The molecule has 0 aromatic carbocycles. The Kier molecular flexibility index (Phi) is 11.1. The van der Waals surface area contributed by atoms with Crippen LogP contribution < -0.4 is 0 Å². The number of rotatable bonds is 7. The highest BCUT2D eigenvalue weighted by atomic mass is 16.8. The molecule has 14 nitrogen and oxygen atoms in total. The van der Waals surface area contributed by atoms with E-state index in [2.05, 4.69) is 13.8 Å². The van der Waals surface area contributed by atoms with Crippen molar-refractivity contribution in [2.45, 2.75) is 197 Å². The predicted molar refractivity (Wildman–Crippen MR) is 193 cm³/mol. The molecule has 55 heavy (non-hydrogen) atoms. The molecule has 4 heterocycles. The number of hydrogen-bond acceptors (Lipinski definition) is 14. The van der Waals surface area contributed by atoms with E-state index in [-0.39, 0.29) is 54.9 Å². The third-order valence-corrected chi connectivity index (χ3v) is 15.7. The fourth-order valence-electron chi connectivity index (χ4n) is 12.8. The highest BCUT2D eigenvalue weighted by Gasteiger charge is 2.70. The zero-order valence-electron chi connectivity index (χ0n) is 32.9. The maximum absolute atomic E-state index is 12.6. The molecule has 4 aliphatic carbocycles. The van der Waals surface area contributed by atoms with Gasteiger partial charge in [-0.05, 0) is 94.5 Å². The van der Waals surface area contributed by atoms with Crippen molar-refractivity contribution < 1.29 is 68.6 Å². The second kappa shape index (κ2) is 15.1. The van der Waals surface area contributed by atoms with Gasteiger partial charge in [-0.2, -0.15) is 0 Å². The number of esters is 1. The lowest BCUT2D eigenvalue weighted by Gasteiger charge is -2.63. The first-order chi connectivity index (χ1) is 26.0. The molecule has 8 rings (SSSR count). The van der Waals surface area contributed by atoms with Crippen molar-refractivity contribution in [2.24, 2.45) is 34.5 Å². The highest BCUT2D eigenvalue weighted by molar-refractivity contribution is 5.85. The summed E-state index contributed by atoms with van der Waals surface area (Å²) in [6, 6.07) is 0. The van der Waals surface area contributed by atoms with Crippen LogP contribution in [0.15, 0.2) is 11.6 Å². The van der Waals surface area contributed by atoms with Crippen LogP contribution in [0.3, 0.4) is 0 Å². The first-order valence-electron chi connectivity index (χ1n) is 20.9. The average molecular weight is 781 g/mol. The van der Waals surface area contributed by atoms with Crippen molar-refractivity contribution in [3.8, 4) is 0 Å². The Morgan fingerprint density at radius 1 is 0.727 bits per heavy atom. The van der Waals surface area contributed by atoms with Crippen molar-refractivity contribution in [3.05, 3.63) is 11.6 Å². The first-order valence-corrected chi connectivity index (χ1v) is 20.9. The van der Waals surface area contributed by atoms with Crippen LogP contribution in [0.5, 0.6) is 0 Å². The minimum Gasteiger partial charge on any atom is -0.458 e. The van der Waals surface area contributed by atoms with E-state index in [0.717, 1.165) is 50.5 Å². The molecule has 21 atom stereocenters. The van der Waals surface area contributed by atoms with E-state index in [1.165, 1.54) is 6.08 Å². The largest absolute Gasteiger partial charge is 0.458 e. The molecule has 0 aromatic heterocycles. The van der Waals surface area contributed by atoms with Gasteiger partial charge in [-0.1, -0.05) is 13.8 Å². The van der Waals surface area contributed by atoms with Gasteiger partial charge in [0.15, 0.2) is 18.9 Å². The standard InChI is InChI=1S/C41H64O14/c1-19-12-28(43)37(54-33-15-27(42)35(47)20(2)51-33)38(50-19)55-36-21(3)52-32(16-29(36)44)53-24-8-10-39(4)23(14-24)6-7-26-25(39)9-11-40(5)34(22-13-31(46)49-18-22)30(45)17-41(26,40)48/h13,19-21,23-30,32-38,42-45,47-48H,6-12,14-18H2,1-5H3/t19-,20-,21-,23-,24+,25?,26-,27+,28+,29+,30+,32+,33?,34+,35?,36-,37?,38?,39+,40-,41+/m1/s1. The fourth-order valence-corrected chi connectivity index (χ4v) is 12.8. The summed E-state index contributed by atoms with van der Waals surface area (Å²) in [7, 11) is 0. The van der Waals surface area contributed by atoms with Crippen molar-refractivity contribution >= 4 is 5.97 Å². The monoisotopic (exact) mass is 780 g/mol. The lowest BCUT2D eigenvalue weighted by Crippen LogP contribution is -2.62. The second-order valence-corrected chi connectivity index (χ2v) is 18.9. The summed E-state index contributed by atoms with van der Waals surface area (Å²) in [5.41, 5.74) is -0.716. The van der Waals surface area contributed by atoms with Gasteiger partial charge in [0.2, 0.25) is 0 Å². The third-order valence-electron chi connectivity index (χ3n) is 15.7. The summed E-state index contributed by atoms with van der Waals surface area (Å²) < 4.78 is 42.4. The van der Waals surface area contributed by atoms with Crippen molar-refractivity contribution in [1.82, 2.24) is 0 Å². The number of aliphatic hydroxyl groups excluding tert-OH is 5. The van der Waals surface area contributed by atoms with Crippen LogP contribution in [0.2, 0.25) is 0 Å². The first kappa shape index (κ1) is 40.5. The number of fused-ring (bicyclic) bond motifs is 5. The molecule has 7 fully saturated rings. The molecule has 312 valence electrons. The number of hydrogen-bond donors (Lipinski definition) is 6. The molecule has 0 amide bonds. The number of ether oxygens (including phenoxy) is 7. The fraction of sp³-hybridized carbons (Fsp3) is 0.927. The topological polar surface area (TPSA) is 203 Å². The number of cyclic esters (lactones) is 1. The lowest BCUT2D eigenvalue weighted by atomic mass is 9.43. The molecule has 0 aromatic rings. The molecule has 4 saturated carbocycles. The average Bonchev–Trinajstić information content (AvgIpc) is 3.62. The molecule has 6 N–H and O–H groups in total. The van der Waals surface area contributed by atoms with Crippen molar-refractivity contribution in [3.63, 3.8) is 0 Å². The van der Waals surface area contributed by atoms with Crippen LogP contribution in [-0.4, -0.2) is 135 Å². The summed E-state index contributed by atoms with van der Waals surface area (Å²) in [4.78, 5) is 12.0. The Labute approximate surface area is 323 Å². The van der Waals surface area contributed by atoms with E-state index in [9.17, 15) is 35.4 Å². The molecule has 0 spiro atoms. The molecule has 5 unspecified atom stereocenters. The predicted octanol–water partition coefficient (Wildman–Crippen LogP) is 2.22. The lowest BCUT2D eigenvalue weighted by molar-refractivity contribution is -0.355. The molecule has 0 radical (unpaired) electrons. The van der Waals surface area contributed by atoms with E-state index in [0.29, 0.717) is 24.7 Å². The van der Waals surface area contributed by atoms with Crippen LogP contribution in [0.4, 0.5) is 0 Å². The summed E-state index contributed by atoms with van der Waals surface area (Å²) in [6.07, 6.45) is -1.96. The smallest absolute Gasteiger partial charge is 0.331 e. The summed E-state index contributed by atoms with van der Waals surface area (Å²) in [5.74, 6) is 0.134. The normalized spacial score (nSPS) is 55.5. The van der Waals surface area contributed by atoms with Gasteiger partial charge >= 0.3 is 5.97 Å². The minimum absolute atomic E-state index is 0.0205. The molecule has 14 heteroatoms.